The summed E-state index contributed by atoms with van der Waals surface area (Å²) in [6.07, 6.45) is 3.55. The molecule has 3 rings (SSSR count). The molecule has 9 nitrogen and oxygen atoms in total. The average Bonchev–Trinajstić information content (AvgIpc) is 3.14. The number of aromatic amines is 1. The number of hydrogen-bond acceptors (Lipinski definition) is 7. The summed E-state index contributed by atoms with van der Waals surface area (Å²) in [6, 6.07) is 3.53. The fourth-order valence-electron chi connectivity index (χ4n) is 2.36. The summed E-state index contributed by atoms with van der Waals surface area (Å²) >= 11 is 0. The molecule has 0 spiro atoms. The smallest absolute Gasteiger partial charge is 0.345 e. The Morgan fingerprint density at radius 1 is 1.48 bits per heavy atom. The maximum atomic E-state index is 12.3. The number of aromatic nitrogens is 2. The average molecular weight is 345 g/mol. The number of allylic oxidation sites excluding steroid dienone is 1. The number of pyridine rings is 1. The first kappa shape index (κ1) is 16.7. The molecule has 0 saturated heterocycles. The number of ether oxygens (including phenoxy) is 1. The van der Waals surface area contributed by atoms with Crippen molar-refractivity contribution < 1.29 is 29.6 Å². The molecule has 9 heteroatoms. The van der Waals surface area contributed by atoms with Crippen LogP contribution in [0.15, 0.2) is 41.7 Å². The molecule has 0 amide bonds. The topological polar surface area (TPSA) is 145 Å². The Kier molecular flexibility index (Phi) is 4.50. The molecule has 1 unspecified atom stereocenters. The summed E-state index contributed by atoms with van der Waals surface area (Å²) in [5.74, 6) is -2.67. The number of aliphatic hydroxyl groups excluding tert-OH is 2. The molecular weight excluding hydrogens is 330 g/mol. The van der Waals surface area contributed by atoms with Gasteiger partial charge in [-0.25, -0.2) is 9.78 Å². The standard InChI is InChI=1S/C16H15N3O6/c20-7-9(21)6-19-15-12(16(23)24)13(22)11(25-15)4-8-5-18-14-10(8)2-1-3-17-14/h1-5,9,19-21H,6-7H2,(H,17,18)(H,23,24)/b11-4-. The van der Waals surface area contributed by atoms with Crippen molar-refractivity contribution in [2.24, 2.45) is 0 Å². The van der Waals surface area contributed by atoms with Crippen LogP contribution in [0.25, 0.3) is 17.1 Å². The van der Waals surface area contributed by atoms with E-state index in [0.29, 0.717) is 11.2 Å². The van der Waals surface area contributed by atoms with Crippen LogP contribution in [0.4, 0.5) is 0 Å². The molecule has 5 N–H and O–H groups in total. The summed E-state index contributed by atoms with van der Waals surface area (Å²) in [6.45, 7) is -0.679. The zero-order chi connectivity index (χ0) is 18.0. The van der Waals surface area contributed by atoms with Crippen LogP contribution in [0, 0.1) is 0 Å². The highest BCUT2D eigenvalue weighted by atomic mass is 16.5. The summed E-state index contributed by atoms with van der Waals surface area (Å²) in [5.41, 5.74) is 0.679. The highest BCUT2D eigenvalue weighted by molar-refractivity contribution is 6.26. The number of carboxylic acids is 1. The molecule has 1 aliphatic rings. The van der Waals surface area contributed by atoms with Crippen LogP contribution in [0.3, 0.4) is 0 Å². The number of aliphatic hydroxyl groups is 2. The van der Waals surface area contributed by atoms with Gasteiger partial charge in [0.25, 0.3) is 0 Å². The number of carbonyl (C=O) groups excluding carboxylic acids is 1. The van der Waals surface area contributed by atoms with Gasteiger partial charge in [-0.2, -0.15) is 0 Å². The van der Waals surface area contributed by atoms with Crippen LogP contribution >= 0.6 is 0 Å². The van der Waals surface area contributed by atoms with E-state index in [1.807, 2.05) is 0 Å². The van der Waals surface area contributed by atoms with Crippen LogP contribution in [0.1, 0.15) is 5.56 Å². The molecular formula is C16H15N3O6. The molecule has 1 atom stereocenters. The normalized spacial score (nSPS) is 17.2. The predicted octanol–water partition coefficient (Wildman–Crippen LogP) is -0.258. The van der Waals surface area contributed by atoms with E-state index in [2.05, 4.69) is 15.3 Å². The number of fused-ring (bicyclic) bond motifs is 1. The minimum Gasteiger partial charge on any atom is -0.477 e. The maximum absolute atomic E-state index is 12.3. The number of rotatable bonds is 6. The van der Waals surface area contributed by atoms with Crippen molar-refractivity contribution in [3.8, 4) is 0 Å². The van der Waals surface area contributed by atoms with Crippen LogP contribution in [-0.4, -0.2) is 56.3 Å². The second-order valence-electron chi connectivity index (χ2n) is 5.31. The highest BCUT2D eigenvalue weighted by Gasteiger charge is 2.36. The first-order chi connectivity index (χ1) is 12.0. The lowest BCUT2D eigenvalue weighted by Crippen LogP contribution is -2.30. The Labute approximate surface area is 141 Å². The molecule has 25 heavy (non-hydrogen) atoms. The summed E-state index contributed by atoms with van der Waals surface area (Å²) < 4.78 is 5.34. The van der Waals surface area contributed by atoms with E-state index in [1.165, 1.54) is 6.08 Å². The summed E-state index contributed by atoms with van der Waals surface area (Å²) in [4.78, 5) is 30.7. The molecule has 2 aromatic heterocycles. The van der Waals surface area contributed by atoms with Gasteiger partial charge in [0, 0.05) is 29.9 Å². The number of aliphatic carboxylic acids is 1. The quantitative estimate of drug-likeness (QED) is 0.356. The Morgan fingerprint density at radius 3 is 3.00 bits per heavy atom. The Morgan fingerprint density at radius 2 is 2.28 bits per heavy atom. The number of nitrogens with zero attached hydrogens (tertiary/aromatic N) is 1. The van der Waals surface area contributed by atoms with Gasteiger partial charge in [0.2, 0.25) is 11.7 Å². The van der Waals surface area contributed by atoms with Gasteiger partial charge >= 0.3 is 5.97 Å². The van der Waals surface area contributed by atoms with Gasteiger partial charge in [-0.05, 0) is 18.2 Å². The molecule has 0 saturated carbocycles. The number of H-pyrrole nitrogens is 1. The molecule has 0 radical (unpaired) electrons. The van der Waals surface area contributed by atoms with Crippen molar-refractivity contribution in [2.75, 3.05) is 13.2 Å². The molecule has 3 heterocycles. The maximum Gasteiger partial charge on any atom is 0.345 e. The van der Waals surface area contributed by atoms with Crippen molar-refractivity contribution in [1.29, 1.82) is 0 Å². The van der Waals surface area contributed by atoms with Crippen molar-refractivity contribution >= 4 is 28.9 Å². The lowest BCUT2D eigenvalue weighted by atomic mass is 10.1. The van der Waals surface area contributed by atoms with Crippen molar-refractivity contribution in [1.82, 2.24) is 15.3 Å². The molecule has 0 aliphatic carbocycles. The van der Waals surface area contributed by atoms with Gasteiger partial charge in [0.15, 0.2) is 11.3 Å². The van der Waals surface area contributed by atoms with Gasteiger partial charge < -0.3 is 30.4 Å². The molecule has 1 aliphatic heterocycles. The number of carboxylic acid groups (broad SMARTS) is 1. The number of carbonyl (C=O) groups is 2. The van der Waals surface area contributed by atoms with E-state index in [9.17, 15) is 19.8 Å². The number of ketones is 1. The van der Waals surface area contributed by atoms with Gasteiger partial charge in [-0.15, -0.1) is 0 Å². The largest absolute Gasteiger partial charge is 0.477 e. The van der Waals surface area contributed by atoms with Crippen molar-refractivity contribution in [2.45, 2.75) is 6.10 Å². The Balaban J connectivity index is 1.90. The van der Waals surface area contributed by atoms with E-state index < -0.39 is 30.0 Å². The van der Waals surface area contributed by atoms with E-state index in [1.54, 1.807) is 24.5 Å². The van der Waals surface area contributed by atoms with Crippen molar-refractivity contribution in [3.05, 3.63) is 47.3 Å². The van der Waals surface area contributed by atoms with Crippen LogP contribution in [0.5, 0.6) is 0 Å². The number of Topliss-reactive ketones (excluding diaryl/α,β-unsaturated/α-hetero) is 1. The number of nitrogens with one attached hydrogen (secondary N) is 2. The summed E-state index contributed by atoms with van der Waals surface area (Å²) in [5, 5.41) is 30.7. The zero-order valence-corrected chi connectivity index (χ0v) is 12.9. The van der Waals surface area contributed by atoms with Gasteiger partial charge in [-0.3, -0.25) is 4.79 Å². The van der Waals surface area contributed by atoms with E-state index in [0.717, 1.165) is 5.39 Å². The van der Waals surface area contributed by atoms with E-state index >= 15 is 0 Å². The third kappa shape index (κ3) is 3.23. The van der Waals surface area contributed by atoms with Gasteiger partial charge in [-0.1, -0.05) is 0 Å². The van der Waals surface area contributed by atoms with E-state index in [4.69, 9.17) is 9.84 Å². The molecule has 0 bridgehead atoms. The summed E-state index contributed by atoms with van der Waals surface area (Å²) in [7, 11) is 0. The molecule has 2 aromatic rings. The fourth-order valence-corrected chi connectivity index (χ4v) is 2.36. The third-order valence-electron chi connectivity index (χ3n) is 3.58. The number of hydrogen-bond donors (Lipinski definition) is 5. The predicted molar refractivity (Wildman–Crippen MR) is 85.9 cm³/mol. The molecule has 130 valence electrons. The van der Waals surface area contributed by atoms with Crippen LogP contribution < -0.4 is 5.32 Å². The third-order valence-corrected chi connectivity index (χ3v) is 3.58. The molecule has 0 fully saturated rings. The minimum absolute atomic E-state index is 0.164. The van der Waals surface area contributed by atoms with Gasteiger partial charge in [0.05, 0.1) is 12.7 Å². The molecule has 0 aromatic carbocycles. The van der Waals surface area contributed by atoms with E-state index in [-0.39, 0.29) is 18.2 Å². The van der Waals surface area contributed by atoms with Crippen LogP contribution in [0.2, 0.25) is 0 Å². The first-order valence-electron chi connectivity index (χ1n) is 7.38. The zero-order valence-electron chi connectivity index (χ0n) is 12.9. The fraction of sp³-hybridized carbons (Fsp3) is 0.188. The van der Waals surface area contributed by atoms with Crippen LogP contribution in [-0.2, 0) is 14.3 Å². The highest BCUT2D eigenvalue weighted by Crippen LogP contribution is 2.27. The first-order valence-corrected chi connectivity index (χ1v) is 7.38. The van der Waals surface area contributed by atoms with Crippen molar-refractivity contribution in [3.63, 3.8) is 0 Å². The second kappa shape index (κ2) is 6.75. The Bertz CT molecular complexity index is 898. The monoisotopic (exact) mass is 345 g/mol. The second-order valence-corrected chi connectivity index (χ2v) is 5.31. The lowest BCUT2D eigenvalue weighted by molar-refractivity contribution is -0.134. The Hall–Kier alpha value is -3.17. The minimum atomic E-state index is -1.45. The lowest BCUT2D eigenvalue weighted by Gasteiger charge is -2.10. The SMILES string of the molecule is O=C(O)C1=C(NCC(O)CO)O/C(=C\c2c[nH]c3ncccc23)C1=O. The van der Waals surface area contributed by atoms with Gasteiger partial charge in [0.1, 0.15) is 5.65 Å².